The van der Waals surface area contributed by atoms with Crippen molar-refractivity contribution in [1.82, 2.24) is 0 Å². The van der Waals surface area contributed by atoms with Crippen LogP contribution in [0, 0.1) is 5.41 Å². The van der Waals surface area contributed by atoms with E-state index in [0.717, 1.165) is 12.0 Å². The van der Waals surface area contributed by atoms with E-state index in [-0.39, 0.29) is 17.3 Å². The highest BCUT2D eigenvalue weighted by Gasteiger charge is 2.40. The Morgan fingerprint density at radius 1 is 1.35 bits per heavy atom. The van der Waals surface area contributed by atoms with Crippen molar-refractivity contribution in [2.75, 3.05) is 13.2 Å². The first kappa shape index (κ1) is 15.1. The van der Waals surface area contributed by atoms with Gasteiger partial charge in [-0.1, -0.05) is 12.1 Å². The molecule has 0 amide bonds. The highest BCUT2D eigenvalue weighted by molar-refractivity contribution is 5.28. The second-order valence-electron chi connectivity index (χ2n) is 5.20. The standard InChI is InChI=1S/C14H18F3NO2/c1-10-13(9-18,6-7-19-10)8-11-2-4-12(5-3-11)20-14(15,16)17/h2-5,10H,6-9,18H2,1H3. The fourth-order valence-electron chi connectivity index (χ4n) is 2.61. The van der Waals surface area contributed by atoms with E-state index in [4.69, 9.17) is 10.5 Å². The third kappa shape index (κ3) is 3.43. The smallest absolute Gasteiger partial charge is 0.406 e. The molecule has 0 saturated carbocycles. The second kappa shape index (κ2) is 5.61. The first-order valence-electron chi connectivity index (χ1n) is 6.51. The van der Waals surface area contributed by atoms with Crippen LogP contribution in [0.4, 0.5) is 13.2 Å². The van der Waals surface area contributed by atoms with Crippen LogP contribution >= 0.6 is 0 Å². The van der Waals surface area contributed by atoms with Gasteiger partial charge in [0.15, 0.2) is 0 Å². The second-order valence-corrected chi connectivity index (χ2v) is 5.20. The first-order valence-corrected chi connectivity index (χ1v) is 6.51. The van der Waals surface area contributed by atoms with E-state index in [9.17, 15) is 13.2 Å². The molecule has 2 atom stereocenters. The highest BCUT2D eigenvalue weighted by atomic mass is 19.4. The third-order valence-corrected chi connectivity index (χ3v) is 3.95. The Hall–Kier alpha value is -1.27. The van der Waals surface area contributed by atoms with E-state index in [1.807, 2.05) is 6.92 Å². The number of ether oxygens (including phenoxy) is 2. The van der Waals surface area contributed by atoms with Gasteiger partial charge in [-0.05, 0) is 37.5 Å². The minimum absolute atomic E-state index is 0.0543. The summed E-state index contributed by atoms with van der Waals surface area (Å²) in [5.41, 5.74) is 6.67. The summed E-state index contributed by atoms with van der Waals surface area (Å²) in [6.45, 7) is 3.16. The van der Waals surface area contributed by atoms with Crippen molar-refractivity contribution in [2.45, 2.75) is 32.2 Å². The van der Waals surface area contributed by atoms with Crippen molar-refractivity contribution in [2.24, 2.45) is 11.1 Å². The van der Waals surface area contributed by atoms with Gasteiger partial charge in [-0.3, -0.25) is 0 Å². The Kier molecular flexibility index (Phi) is 4.25. The van der Waals surface area contributed by atoms with Crippen LogP contribution in [-0.2, 0) is 11.2 Å². The summed E-state index contributed by atoms with van der Waals surface area (Å²) in [4.78, 5) is 0. The quantitative estimate of drug-likeness (QED) is 0.927. The zero-order valence-corrected chi connectivity index (χ0v) is 11.2. The number of hydrogen-bond donors (Lipinski definition) is 1. The van der Waals surface area contributed by atoms with Gasteiger partial charge in [0.05, 0.1) is 6.10 Å². The summed E-state index contributed by atoms with van der Waals surface area (Å²) in [6, 6.07) is 5.94. The Balaban J connectivity index is 2.07. The van der Waals surface area contributed by atoms with Crippen LogP contribution in [0.25, 0.3) is 0 Å². The Morgan fingerprint density at radius 3 is 2.45 bits per heavy atom. The molecule has 1 heterocycles. The predicted octanol–water partition coefficient (Wildman–Crippen LogP) is 2.88. The van der Waals surface area contributed by atoms with Crippen molar-refractivity contribution in [3.63, 3.8) is 0 Å². The molecule has 1 aliphatic rings. The predicted molar refractivity (Wildman–Crippen MR) is 68.3 cm³/mol. The zero-order chi connectivity index (χ0) is 14.8. The van der Waals surface area contributed by atoms with Crippen LogP contribution in [0.1, 0.15) is 18.9 Å². The minimum atomic E-state index is -4.66. The number of benzene rings is 1. The lowest BCUT2D eigenvalue weighted by atomic mass is 9.76. The SMILES string of the molecule is CC1OCCC1(CN)Cc1ccc(OC(F)(F)F)cc1. The molecule has 1 aromatic carbocycles. The van der Waals surface area contributed by atoms with E-state index in [1.54, 1.807) is 12.1 Å². The van der Waals surface area contributed by atoms with Gasteiger partial charge in [0.25, 0.3) is 0 Å². The maximum Gasteiger partial charge on any atom is 0.573 e. The number of alkyl halides is 3. The molecule has 0 spiro atoms. The van der Waals surface area contributed by atoms with Crippen LogP contribution in [0.5, 0.6) is 5.75 Å². The minimum Gasteiger partial charge on any atom is -0.406 e. The van der Waals surface area contributed by atoms with E-state index >= 15 is 0 Å². The van der Waals surface area contributed by atoms with Gasteiger partial charge in [0, 0.05) is 18.6 Å². The molecular formula is C14H18F3NO2. The average molecular weight is 289 g/mol. The van der Waals surface area contributed by atoms with Crippen molar-refractivity contribution >= 4 is 0 Å². The lowest BCUT2D eigenvalue weighted by Gasteiger charge is -2.30. The number of hydrogen-bond acceptors (Lipinski definition) is 3. The zero-order valence-electron chi connectivity index (χ0n) is 11.2. The molecule has 0 bridgehead atoms. The summed E-state index contributed by atoms with van der Waals surface area (Å²) >= 11 is 0. The molecule has 0 aromatic heterocycles. The van der Waals surface area contributed by atoms with Gasteiger partial charge >= 0.3 is 6.36 Å². The van der Waals surface area contributed by atoms with Crippen LogP contribution in [0.3, 0.4) is 0 Å². The van der Waals surface area contributed by atoms with E-state index < -0.39 is 6.36 Å². The Bertz CT molecular complexity index is 447. The van der Waals surface area contributed by atoms with E-state index in [0.29, 0.717) is 19.6 Å². The lowest BCUT2D eigenvalue weighted by Crippen LogP contribution is -2.38. The normalized spacial score (nSPS) is 26.8. The van der Waals surface area contributed by atoms with Gasteiger partial charge in [-0.25, -0.2) is 0 Å². The Morgan fingerprint density at radius 2 is 2.00 bits per heavy atom. The van der Waals surface area contributed by atoms with Gasteiger partial charge in [-0.2, -0.15) is 0 Å². The molecule has 0 aliphatic carbocycles. The van der Waals surface area contributed by atoms with E-state index in [2.05, 4.69) is 4.74 Å². The molecule has 2 rings (SSSR count). The van der Waals surface area contributed by atoms with Crippen molar-refractivity contribution < 1.29 is 22.6 Å². The summed E-state index contributed by atoms with van der Waals surface area (Å²) in [7, 11) is 0. The summed E-state index contributed by atoms with van der Waals surface area (Å²) in [5.74, 6) is -0.209. The summed E-state index contributed by atoms with van der Waals surface area (Å²) in [5, 5.41) is 0. The number of nitrogens with two attached hydrogens (primary N) is 1. The largest absolute Gasteiger partial charge is 0.573 e. The van der Waals surface area contributed by atoms with Crippen molar-refractivity contribution in [3.05, 3.63) is 29.8 Å². The van der Waals surface area contributed by atoms with Crippen LogP contribution < -0.4 is 10.5 Å². The highest BCUT2D eigenvalue weighted by Crippen LogP contribution is 2.37. The monoisotopic (exact) mass is 289 g/mol. The maximum atomic E-state index is 12.1. The lowest BCUT2D eigenvalue weighted by molar-refractivity contribution is -0.274. The van der Waals surface area contributed by atoms with E-state index in [1.165, 1.54) is 12.1 Å². The summed E-state index contributed by atoms with van der Waals surface area (Å²) < 4.78 is 45.7. The maximum absolute atomic E-state index is 12.1. The fourth-order valence-corrected chi connectivity index (χ4v) is 2.61. The molecule has 1 saturated heterocycles. The molecule has 6 heteroatoms. The first-order chi connectivity index (χ1) is 9.35. The molecule has 1 aliphatic heterocycles. The van der Waals surface area contributed by atoms with Gasteiger partial charge in [0.1, 0.15) is 5.75 Å². The molecule has 0 radical (unpaired) electrons. The van der Waals surface area contributed by atoms with Gasteiger partial charge in [0.2, 0.25) is 0 Å². The third-order valence-electron chi connectivity index (χ3n) is 3.95. The molecule has 3 nitrogen and oxygen atoms in total. The summed E-state index contributed by atoms with van der Waals surface area (Å²) in [6.07, 6.45) is -3.05. The van der Waals surface area contributed by atoms with Gasteiger partial charge in [-0.15, -0.1) is 13.2 Å². The van der Waals surface area contributed by atoms with Crippen molar-refractivity contribution in [1.29, 1.82) is 0 Å². The molecule has 2 N–H and O–H groups in total. The number of rotatable bonds is 4. The molecule has 1 aromatic rings. The van der Waals surface area contributed by atoms with Crippen LogP contribution in [-0.4, -0.2) is 25.6 Å². The van der Waals surface area contributed by atoms with Crippen LogP contribution in [0.2, 0.25) is 0 Å². The van der Waals surface area contributed by atoms with Gasteiger partial charge < -0.3 is 15.2 Å². The van der Waals surface area contributed by atoms with Crippen LogP contribution in [0.15, 0.2) is 24.3 Å². The molecule has 2 unspecified atom stereocenters. The average Bonchev–Trinajstić information content (AvgIpc) is 2.72. The molecular weight excluding hydrogens is 271 g/mol. The molecule has 112 valence electrons. The van der Waals surface area contributed by atoms with Crippen molar-refractivity contribution in [3.8, 4) is 5.75 Å². The molecule has 1 fully saturated rings. The fraction of sp³-hybridized carbons (Fsp3) is 0.571. The Labute approximate surface area is 115 Å². The topological polar surface area (TPSA) is 44.5 Å². The molecule has 20 heavy (non-hydrogen) atoms. The number of halogens is 3.